The second-order valence-corrected chi connectivity index (χ2v) is 8.70. The van der Waals surface area contributed by atoms with Crippen molar-refractivity contribution in [1.82, 2.24) is 9.21 Å². The molecule has 0 aromatic heterocycles. The van der Waals surface area contributed by atoms with Crippen molar-refractivity contribution in [1.29, 1.82) is 0 Å². The summed E-state index contributed by atoms with van der Waals surface area (Å²) in [6.45, 7) is 0.729. The number of amides is 1. The Bertz CT molecular complexity index is 919. The molecule has 29 heavy (non-hydrogen) atoms. The average Bonchev–Trinajstić information content (AvgIpc) is 2.77. The molecule has 0 saturated carbocycles. The summed E-state index contributed by atoms with van der Waals surface area (Å²) < 4.78 is 32.9. The summed E-state index contributed by atoms with van der Waals surface area (Å²) in [4.78, 5) is 25.1. The molecule has 1 amide bonds. The van der Waals surface area contributed by atoms with Gasteiger partial charge in [-0.05, 0) is 24.1 Å². The lowest BCUT2D eigenvalue weighted by molar-refractivity contribution is -0.108. The van der Waals surface area contributed by atoms with Gasteiger partial charge in [0.2, 0.25) is 10.0 Å². The number of piperazine rings is 1. The molecule has 154 valence electrons. The van der Waals surface area contributed by atoms with Crippen LogP contribution in [0.5, 0.6) is 0 Å². The largest absolute Gasteiger partial charge is 0.445 e. The van der Waals surface area contributed by atoms with Crippen LogP contribution in [0.15, 0.2) is 65.6 Å². The molecule has 8 heteroatoms. The van der Waals surface area contributed by atoms with E-state index < -0.39 is 22.2 Å². The molecule has 0 spiro atoms. The van der Waals surface area contributed by atoms with Crippen molar-refractivity contribution in [2.75, 3.05) is 19.6 Å². The van der Waals surface area contributed by atoms with Crippen molar-refractivity contribution in [2.24, 2.45) is 0 Å². The minimum atomic E-state index is -3.71. The summed E-state index contributed by atoms with van der Waals surface area (Å²) in [5.41, 5.74) is 0.878. The van der Waals surface area contributed by atoms with Gasteiger partial charge in [-0.1, -0.05) is 48.5 Å². The number of sulfonamides is 1. The third kappa shape index (κ3) is 5.21. The zero-order valence-corrected chi connectivity index (χ0v) is 16.8. The molecule has 2 aromatic rings. The number of benzene rings is 2. The number of ether oxygens (including phenoxy) is 1. The summed E-state index contributed by atoms with van der Waals surface area (Å²) in [6.07, 6.45) is 0.845. The predicted molar refractivity (Wildman–Crippen MR) is 108 cm³/mol. The Kier molecular flexibility index (Phi) is 7.00. The highest BCUT2D eigenvalue weighted by Gasteiger charge is 2.37. The normalized spacial score (nSPS) is 17.7. The molecule has 1 heterocycles. The first-order valence-corrected chi connectivity index (χ1v) is 10.9. The summed E-state index contributed by atoms with van der Waals surface area (Å²) in [7, 11) is -3.71. The first-order valence-electron chi connectivity index (χ1n) is 9.48. The number of carbonyl (C=O) groups excluding carboxylic acids is 2. The second-order valence-electron chi connectivity index (χ2n) is 6.81. The summed E-state index contributed by atoms with van der Waals surface area (Å²) in [5.74, 6) is 0. The molecule has 3 rings (SSSR count). The van der Waals surface area contributed by atoms with E-state index in [0.29, 0.717) is 6.42 Å². The van der Waals surface area contributed by atoms with Gasteiger partial charge in [-0.3, -0.25) is 0 Å². The van der Waals surface area contributed by atoms with Crippen LogP contribution in [-0.4, -0.2) is 55.7 Å². The lowest BCUT2D eigenvalue weighted by Crippen LogP contribution is -2.56. The number of rotatable bonds is 7. The second kappa shape index (κ2) is 9.67. The van der Waals surface area contributed by atoms with Gasteiger partial charge in [0.05, 0.1) is 4.90 Å². The van der Waals surface area contributed by atoms with E-state index in [-0.39, 0.29) is 37.6 Å². The number of hydrogen-bond acceptors (Lipinski definition) is 5. The van der Waals surface area contributed by atoms with Crippen molar-refractivity contribution >= 4 is 22.4 Å². The molecule has 0 N–H and O–H groups in total. The SMILES string of the molecule is O=CCCC1CN(C(=O)OCc2ccccc2)CCN1S(=O)(=O)c1ccccc1. The molecule has 1 unspecified atom stereocenters. The van der Waals surface area contributed by atoms with E-state index in [4.69, 9.17) is 4.74 Å². The molecule has 1 aliphatic heterocycles. The third-order valence-corrected chi connectivity index (χ3v) is 6.83. The van der Waals surface area contributed by atoms with Crippen LogP contribution in [-0.2, 0) is 26.2 Å². The molecule has 2 aromatic carbocycles. The van der Waals surface area contributed by atoms with Gasteiger partial charge in [0, 0.05) is 32.1 Å². The minimum Gasteiger partial charge on any atom is -0.445 e. The molecule has 7 nitrogen and oxygen atoms in total. The van der Waals surface area contributed by atoms with Gasteiger partial charge in [0.25, 0.3) is 0 Å². The first-order chi connectivity index (χ1) is 14.0. The monoisotopic (exact) mass is 416 g/mol. The lowest BCUT2D eigenvalue weighted by Gasteiger charge is -2.39. The van der Waals surface area contributed by atoms with Crippen LogP contribution in [0.3, 0.4) is 0 Å². The highest BCUT2D eigenvalue weighted by molar-refractivity contribution is 7.89. The standard InChI is InChI=1S/C21H24N2O5S/c24-15-7-10-19-16-22(21(25)28-17-18-8-3-1-4-9-18)13-14-23(19)29(26,27)20-11-5-2-6-12-20/h1-6,8-9,11-12,15,19H,7,10,13-14,16-17H2. The Morgan fingerprint density at radius 2 is 1.69 bits per heavy atom. The van der Waals surface area contributed by atoms with E-state index in [1.54, 1.807) is 30.3 Å². The highest BCUT2D eigenvalue weighted by Crippen LogP contribution is 2.24. The zero-order valence-electron chi connectivity index (χ0n) is 16.0. The molecule has 1 fully saturated rings. The number of nitrogens with zero attached hydrogens (tertiary/aromatic N) is 2. The topological polar surface area (TPSA) is 84.0 Å². The van der Waals surface area contributed by atoms with E-state index in [1.165, 1.54) is 9.21 Å². The molecular formula is C21H24N2O5S. The fraction of sp³-hybridized carbons (Fsp3) is 0.333. The molecule has 0 bridgehead atoms. The maximum absolute atomic E-state index is 13.1. The van der Waals surface area contributed by atoms with Crippen LogP contribution in [0.2, 0.25) is 0 Å². The molecule has 1 atom stereocenters. The Balaban J connectivity index is 1.69. The fourth-order valence-electron chi connectivity index (χ4n) is 3.36. The highest BCUT2D eigenvalue weighted by atomic mass is 32.2. The minimum absolute atomic E-state index is 0.154. The number of hydrogen-bond donors (Lipinski definition) is 0. The van der Waals surface area contributed by atoms with Crippen LogP contribution in [0.1, 0.15) is 18.4 Å². The summed E-state index contributed by atoms with van der Waals surface area (Å²) >= 11 is 0. The van der Waals surface area contributed by atoms with Crippen molar-refractivity contribution < 1.29 is 22.7 Å². The lowest BCUT2D eigenvalue weighted by atomic mass is 10.1. The van der Waals surface area contributed by atoms with Crippen molar-refractivity contribution in [3.8, 4) is 0 Å². The Morgan fingerprint density at radius 3 is 2.34 bits per heavy atom. The van der Waals surface area contributed by atoms with Gasteiger partial charge < -0.3 is 14.4 Å². The third-order valence-electron chi connectivity index (χ3n) is 4.86. The van der Waals surface area contributed by atoms with E-state index in [1.807, 2.05) is 30.3 Å². The predicted octanol–water partition coefficient (Wildman–Crippen LogP) is 2.68. The van der Waals surface area contributed by atoms with E-state index in [9.17, 15) is 18.0 Å². The number of carbonyl (C=O) groups is 2. The molecule has 0 aliphatic carbocycles. The van der Waals surface area contributed by atoms with Crippen LogP contribution < -0.4 is 0 Å². The number of aldehydes is 1. The van der Waals surface area contributed by atoms with E-state index in [2.05, 4.69) is 0 Å². The molecule has 1 saturated heterocycles. The van der Waals surface area contributed by atoms with Crippen LogP contribution in [0, 0.1) is 0 Å². The Morgan fingerprint density at radius 1 is 1.03 bits per heavy atom. The summed E-state index contributed by atoms with van der Waals surface area (Å²) in [6, 6.07) is 17.1. The Hall–Kier alpha value is -2.71. The first kappa shape index (κ1) is 21.0. The fourth-order valence-corrected chi connectivity index (χ4v) is 5.01. The van der Waals surface area contributed by atoms with Crippen LogP contribution in [0.4, 0.5) is 4.79 Å². The smallest absolute Gasteiger partial charge is 0.410 e. The maximum atomic E-state index is 13.1. The van der Waals surface area contributed by atoms with Gasteiger partial charge in [-0.25, -0.2) is 13.2 Å². The maximum Gasteiger partial charge on any atom is 0.410 e. The van der Waals surface area contributed by atoms with Gasteiger partial charge in [-0.15, -0.1) is 0 Å². The molecular weight excluding hydrogens is 392 g/mol. The zero-order chi connectivity index (χ0) is 20.7. The van der Waals surface area contributed by atoms with Crippen LogP contribution >= 0.6 is 0 Å². The molecule has 1 aliphatic rings. The summed E-state index contributed by atoms with van der Waals surface area (Å²) in [5, 5.41) is 0. The molecule has 0 radical (unpaired) electrons. The van der Waals surface area contributed by atoms with Gasteiger partial charge in [0.1, 0.15) is 12.9 Å². The average molecular weight is 416 g/mol. The van der Waals surface area contributed by atoms with Crippen molar-refractivity contribution in [3.05, 3.63) is 66.2 Å². The van der Waals surface area contributed by atoms with Gasteiger partial charge >= 0.3 is 6.09 Å². The van der Waals surface area contributed by atoms with Crippen molar-refractivity contribution in [2.45, 2.75) is 30.4 Å². The van der Waals surface area contributed by atoms with Gasteiger partial charge in [-0.2, -0.15) is 4.31 Å². The quantitative estimate of drug-likeness (QED) is 0.648. The van der Waals surface area contributed by atoms with E-state index >= 15 is 0 Å². The van der Waals surface area contributed by atoms with Gasteiger partial charge in [0.15, 0.2) is 0 Å². The van der Waals surface area contributed by atoms with Crippen LogP contribution in [0.25, 0.3) is 0 Å². The van der Waals surface area contributed by atoms with Crippen molar-refractivity contribution in [3.63, 3.8) is 0 Å². The Labute approximate surface area is 170 Å². The van der Waals surface area contributed by atoms with E-state index in [0.717, 1.165) is 11.8 Å².